The summed E-state index contributed by atoms with van der Waals surface area (Å²) in [6, 6.07) is 13.4. The van der Waals surface area contributed by atoms with Gasteiger partial charge in [0.25, 0.3) is 0 Å². The molecule has 2 rings (SSSR count). The third-order valence-corrected chi connectivity index (χ3v) is 2.86. The fraction of sp³-hybridized carbons (Fsp3) is 0. The van der Waals surface area contributed by atoms with Crippen LogP contribution in [0, 0.1) is 0 Å². The molecular formula is C14H11Cl2N3O. The second-order valence-corrected chi connectivity index (χ2v) is 4.76. The molecule has 0 saturated carbocycles. The fourth-order valence-corrected chi connectivity index (χ4v) is 1.66. The van der Waals surface area contributed by atoms with Crippen molar-refractivity contribution in [3.05, 3.63) is 64.1 Å². The van der Waals surface area contributed by atoms with E-state index in [9.17, 15) is 4.79 Å². The maximum absolute atomic E-state index is 11.6. The Balaban J connectivity index is 1.85. The zero-order valence-electron chi connectivity index (χ0n) is 10.3. The van der Waals surface area contributed by atoms with Gasteiger partial charge in [-0.1, -0.05) is 35.3 Å². The van der Waals surface area contributed by atoms with Crippen LogP contribution in [0.2, 0.25) is 10.0 Å². The van der Waals surface area contributed by atoms with Gasteiger partial charge in [-0.05, 0) is 42.0 Å². The van der Waals surface area contributed by atoms with Crippen molar-refractivity contribution in [1.29, 1.82) is 0 Å². The number of urea groups is 1. The van der Waals surface area contributed by atoms with E-state index in [4.69, 9.17) is 23.2 Å². The molecule has 0 heterocycles. The lowest BCUT2D eigenvalue weighted by Crippen LogP contribution is -2.24. The van der Waals surface area contributed by atoms with Crippen LogP contribution in [0.3, 0.4) is 0 Å². The first-order chi connectivity index (χ1) is 9.63. The average molecular weight is 308 g/mol. The topological polar surface area (TPSA) is 53.5 Å². The second-order valence-electron chi connectivity index (χ2n) is 3.88. The number of anilines is 1. The molecule has 4 nitrogen and oxygen atoms in total. The van der Waals surface area contributed by atoms with Crippen LogP contribution in [0.15, 0.2) is 53.6 Å². The van der Waals surface area contributed by atoms with Gasteiger partial charge in [-0.25, -0.2) is 10.2 Å². The highest BCUT2D eigenvalue weighted by Gasteiger charge is 1.99. The van der Waals surface area contributed by atoms with E-state index in [1.165, 1.54) is 6.21 Å². The van der Waals surface area contributed by atoms with Gasteiger partial charge in [0.15, 0.2) is 0 Å². The number of rotatable bonds is 3. The Morgan fingerprint density at radius 3 is 2.10 bits per heavy atom. The summed E-state index contributed by atoms with van der Waals surface area (Å²) in [5, 5.41) is 7.71. The lowest BCUT2D eigenvalue weighted by Gasteiger charge is -2.03. The van der Waals surface area contributed by atoms with E-state index in [-0.39, 0.29) is 0 Å². The zero-order valence-corrected chi connectivity index (χ0v) is 11.8. The molecule has 0 spiro atoms. The van der Waals surface area contributed by atoms with Crippen LogP contribution in [0.4, 0.5) is 10.5 Å². The Morgan fingerprint density at radius 1 is 0.950 bits per heavy atom. The van der Waals surface area contributed by atoms with Crippen molar-refractivity contribution in [2.24, 2.45) is 5.10 Å². The second kappa shape index (κ2) is 6.93. The number of hydrogen-bond acceptors (Lipinski definition) is 2. The molecule has 0 saturated heterocycles. The van der Waals surface area contributed by atoms with Gasteiger partial charge in [0, 0.05) is 15.7 Å². The molecule has 0 atom stereocenters. The normalized spacial score (nSPS) is 10.5. The van der Waals surface area contributed by atoms with Crippen LogP contribution in [0.1, 0.15) is 5.56 Å². The number of hydrogen-bond donors (Lipinski definition) is 2. The SMILES string of the molecule is O=C(N/N=C/c1ccc(Cl)cc1)Nc1ccc(Cl)cc1. The summed E-state index contributed by atoms with van der Waals surface area (Å²) in [5.41, 5.74) is 3.83. The predicted molar refractivity (Wildman–Crippen MR) is 82.7 cm³/mol. The number of benzene rings is 2. The molecule has 20 heavy (non-hydrogen) atoms. The van der Waals surface area contributed by atoms with Gasteiger partial charge in [-0.15, -0.1) is 0 Å². The van der Waals surface area contributed by atoms with E-state index < -0.39 is 6.03 Å². The molecule has 0 aliphatic heterocycles. The van der Waals surface area contributed by atoms with Crippen molar-refractivity contribution in [3.63, 3.8) is 0 Å². The fourth-order valence-electron chi connectivity index (χ4n) is 1.41. The molecule has 6 heteroatoms. The molecule has 0 aromatic heterocycles. The van der Waals surface area contributed by atoms with E-state index in [1.807, 2.05) is 0 Å². The molecular weight excluding hydrogens is 297 g/mol. The minimum Gasteiger partial charge on any atom is -0.307 e. The van der Waals surface area contributed by atoms with Gasteiger partial charge >= 0.3 is 6.03 Å². The Hall–Kier alpha value is -2.04. The van der Waals surface area contributed by atoms with Crippen molar-refractivity contribution >= 4 is 41.1 Å². The van der Waals surface area contributed by atoms with Crippen molar-refractivity contribution in [3.8, 4) is 0 Å². The van der Waals surface area contributed by atoms with Crippen molar-refractivity contribution in [2.75, 3.05) is 5.32 Å². The Kier molecular flexibility index (Phi) is 4.98. The molecule has 0 radical (unpaired) electrons. The number of carbonyl (C=O) groups is 1. The van der Waals surface area contributed by atoms with Crippen LogP contribution in [0.25, 0.3) is 0 Å². The van der Waals surface area contributed by atoms with Crippen molar-refractivity contribution in [2.45, 2.75) is 0 Å². The van der Waals surface area contributed by atoms with Gasteiger partial charge in [0.2, 0.25) is 0 Å². The van der Waals surface area contributed by atoms with Crippen molar-refractivity contribution in [1.82, 2.24) is 5.43 Å². The summed E-state index contributed by atoms with van der Waals surface area (Å²) in [4.78, 5) is 11.6. The molecule has 2 amide bonds. The summed E-state index contributed by atoms with van der Waals surface area (Å²) >= 11 is 11.5. The highest BCUT2D eigenvalue weighted by atomic mass is 35.5. The number of hydrazone groups is 1. The average Bonchev–Trinajstić information content (AvgIpc) is 2.44. The first kappa shape index (κ1) is 14.4. The third kappa shape index (κ3) is 4.57. The lowest BCUT2D eigenvalue weighted by atomic mass is 10.2. The summed E-state index contributed by atoms with van der Waals surface area (Å²) in [5.74, 6) is 0. The van der Waals surface area contributed by atoms with Crippen molar-refractivity contribution < 1.29 is 4.79 Å². The molecule has 2 N–H and O–H groups in total. The van der Waals surface area contributed by atoms with Crippen LogP contribution < -0.4 is 10.7 Å². The standard InChI is InChI=1S/C14H11Cl2N3O/c15-11-3-1-10(2-4-11)9-17-19-14(20)18-13-7-5-12(16)6-8-13/h1-9H,(H2,18,19,20)/b17-9+. The smallest absolute Gasteiger partial charge is 0.307 e. The van der Waals surface area contributed by atoms with Gasteiger partial charge in [0.1, 0.15) is 0 Å². The number of nitrogens with one attached hydrogen (secondary N) is 2. The third-order valence-electron chi connectivity index (χ3n) is 2.35. The molecule has 0 aliphatic rings. The highest BCUT2D eigenvalue weighted by Crippen LogP contribution is 2.13. The minimum absolute atomic E-state index is 0.433. The van der Waals surface area contributed by atoms with Gasteiger partial charge in [-0.3, -0.25) is 0 Å². The van der Waals surface area contributed by atoms with Crippen LogP contribution in [-0.2, 0) is 0 Å². The van der Waals surface area contributed by atoms with E-state index in [1.54, 1.807) is 48.5 Å². The largest absolute Gasteiger partial charge is 0.339 e. The Labute approximate surface area is 126 Å². The first-order valence-corrected chi connectivity index (χ1v) is 6.50. The van der Waals surface area contributed by atoms with Crippen LogP contribution in [0.5, 0.6) is 0 Å². The molecule has 0 unspecified atom stereocenters. The van der Waals surface area contributed by atoms with Crippen LogP contribution >= 0.6 is 23.2 Å². The number of carbonyl (C=O) groups excluding carboxylic acids is 1. The minimum atomic E-state index is -0.433. The summed E-state index contributed by atoms with van der Waals surface area (Å²) in [7, 11) is 0. The first-order valence-electron chi connectivity index (χ1n) is 5.75. The molecule has 0 bridgehead atoms. The molecule has 0 aliphatic carbocycles. The van der Waals surface area contributed by atoms with Gasteiger partial charge in [0.05, 0.1) is 6.21 Å². The maximum atomic E-state index is 11.6. The maximum Gasteiger partial charge on any atom is 0.339 e. The van der Waals surface area contributed by atoms with E-state index >= 15 is 0 Å². The molecule has 0 fully saturated rings. The summed E-state index contributed by atoms with van der Waals surface area (Å²) < 4.78 is 0. The Morgan fingerprint density at radius 2 is 1.50 bits per heavy atom. The lowest BCUT2D eigenvalue weighted by molar-refractivity contribution is 0.252. The predicted octanol–water partition coefficient (Wildman–Crippen LogP) is 4.15. The van der Waals surface area contributed by atoms with Crippen LogP contribution in [-0.4, -0.2) is 12.2 Å². The van der Waals surface area contributed by atoms with E-state index in [2.05, 4.69) is 15.8 Å². The molecule has 2 aromatic rings. The number of nitrogens with zero attached hydrogens (tertiary/aromatic N) is 1. The molecule has 102 valence electrons. The molecule has 2 aromatic carbocycles. The summed E-state index contributed by atoms with van der Waals surface area (Å²) in [6.45, 7) is 0. The highest BCUT2D eigenvalue weighted by molar-refractivity contribution is 6.30. The number of amides is 2. The monoisotopic (exact) mass is 307 g/mol. The van der Waals surface area contributed by atoms with E-state index in [0.29, 0.717) is 15.7 Å². The zero-order chi connectivity index (χ0) is 14.4. The Bertz CT molecular complexity index is 609. The summed E-state index contributed by atoms with van der Waals surface area (Å²) in [6.07, 6.45) is 1.53. The quantitative estimate of drug-likeness (QED) is 0.649. The van der Waals surface area contributed by atoms with Gasteiger partial charge in [-0.2, -0.15) is 5.10 Å². The van der Waals surface area contributed by atoms with Gasteiger partial charge < -0.3 is 5.32 Å². The van der Waals surface area contributed by atoms with E-state index in [0.717, 1.165) is 5.56 Å². The number of halogens is 2.